The molecule has 1 aromatic heterocycles. The molecule has 0 aliphatic carbocycles. The zero-order valence-electron chi connectivity index (χ0n) is 13.7. The average molecular weight is 312 g/mol. The molecule has 0 aliphatic rings. The van der Waals surface area contributed by atoms with E-state index in [1.54, 1.807) is 18.3 Å². The third-order valence-electron chi connectivity index (χ3n) is 3.12. The van der Waals surface area contributed by atoms with Crippen molar-refractivity contribution in [3.8, 4) is 11.1 Å². The molecular formula is C18H20N2O3. The van der Waals surface area contributed by atoms with Crippen molar-refractivity contribution in [2.45, 2.75) is 33.3 Å². The van der Waals surface area contributed by atoms with Crippen LogP contribution in [0.3, 0.4) is 0 Å². The van der Waals surface area contributed by atoms with Crippen LogP contribution in [-0.2, 0) is 4.74 Å². The molecular weight excluding hydrogens is 292 g/mol. The van der Waals surface area contributed by atoms with Gasteiger partial charge in [0.2, 0.25) is 0 Å². The SMILES string of the molecule is Cc1ccnc(C=O)c1-c1ccc(NC(=O)OC(C)(C)C)cc1. The highest BCUT2D eigenvalue weighted by molar-refractivity contribution is 5.88. The summed E-state index contributed by atoms with van der Waals surface area (Å²) in [5.41, 5.74) is 3.11. The first-order valence-electron chi connectivity index (χ1n) is 7.31. The molecule has 0 radical (unpaired) electrons. The molecule has 2 rings (SSSR count). The Kier molecular flexibility index (Phi) is 4.79. The molecule has 0 spiro atoms. The molecule has 0 saturated carbocycles. The summed E-state index contributed by atoms with van der Waals surface area (Å²) in [6.07, 6.45) is 1.85. The lowest BCUT2D eigenvalue weighted by atomic mass is 9.99. The maximum Gasteiger partial charge on any atom is 0.412 e. The highest BCUT2D eigenvalue weighted by Crippen LogP contribution is 2.26. The lowest BCUT2D eigenvalue weighted by Crippen LogP contribution is -2.27. The van der Waals surface area contributed by atoms with Crippen LogP contribution in [0.2, 0.25) is 0 Å². The van der Waals surface area contributed by atoms with E-state index in [0.717, 1.165) is 23.0 Å². The van der Waals surface area contributed by atoms with Gasteiger partial charge in [-0.2, -0.15) is 0 Å². The number of nitrogens with zero attached hydrogens (tertiary/aromatic N) is 1. The van der Waals surface area contributed by atoms with Crippen molar-refractivity contribution in [1.29, 1.82) is 0 Å². The number of carbonyl (C=O) groups excluding carboxylic acids is 2. The second-order valence-corrected chi connectivity index (χ2v) is 6.21. The van der Waals surface area contributed by atoms with Crippen LogP contribution in [-0.4, -0.2) is 23.0 Å². The molecule has 0 aliphatic heterocycles. The Morgan fingerprint density at radius 2 is 1.83 bits per heavy atom. The molecule has 1 aromatic carbocycles. The van der Waals surface area contributed by atoms with Crippen molar-refractivity contribution in [3.63, 3.8) is 0 Å². The van der Waals surface area contributed by atoms with Gasteiger partial charge < -0.3 is 4.74 Å². The fourth-order valence-electron chi connectivity index (χ4n) is 2.19. The first kappa shape index (κ1) is 16.7. The molecule has 23 heavy (non-hydrogen) atoms. The highest BCUT2D eigenvalue weighted by atomic mass is 16.6. The molecule has 0 unspecified atom stereocenters. The van der Waals surface area contributed by atoms with Crippen LogP contribution >= 0.6 is 0 Å². The summed E-state index contributed by atoms with van der Waals surface area (Å²) in [5, 5.41) is 2.67. The van der Waals surface area contributed by atoms with E-state index in [0.29, 0.717) is 11.4 Å². The molecule has 1 amide bonds. The predicted molar refractivity (Wildman–Crippen MR) is 89.7 cm³/mol. The number of aryl methyl sites for hydroxylation is 1. The monoisotopic (exact) mass is 312 g/mol. The van der Waals surface area contributed by atoms with Crippen molar-refractivity contribution in [2.24, 2.45) is 0 Å². The Balaban J connectivity index is 2.21. The summed E-state index contributed by atoms with van der Waals surface area (Å²) >= 11 is 0. The van der Waals surface area contributed by atoms with E-state index in [4.69, 9.17) is 4.74 Å². The molecule has 0 atom stereocenters. The van der Waals surface area contributed by atoms with E-state index in [1.165, 1.54) is 0 Å². The molecule has 1 heterocycles. The summed E-state index contributed by atoms with van der Waals surface area (Å²) in [6, 6.07) is 9.06. The van der Waals surface area contributed by atoms with Gasteiger partial charge in [-0.15, -0.1) is 0 Å². The average Bonchev–Trinajstić information content (AvgIpc) is 2.46. The van der Waals surface area contributed by atoms with E-state index >= 15 is 0 Å². The number of amides is 1. The second kappa shape index (κ2) is 6.60. The molecule has 5 nitrogen and oxygen atoms in total. The number of rotatable bonds is 3. The van der Waals surface area contributed by atoms with E-state index in [1.807, 2.05) is 45.9 Å². The minimum atomic E-state index is -0.546. The summed E-state index contributed by atoms with van der Waals surface area (Å²) < 4.78 is 5.21. The predicted octanol–water partition coefficient (Wildman–Crippen LogP) is 4.22. The number of anilines is 1. The van der Waals surface area contributed by atoms with Crippen LogP contribution in [0.25, 0.3) is 11.1 Å². The van der Waals surface area contributed by atoms with Crippen molar-refractivity contribution in [3.05, 3.63) is 47.8 Å². The largest absolute Gasteiger partial charge is 0.444 e. The number of nitrogens with one attached hydrogen (secondary N) is 1. The van der Waals surface area contributed by atoms with Crippen molar-refractivity contribution < 1.29 is 14.3 Å². The van der Waals surface area contributed by atoms with Gasteiger partial charge >= 0.3 is 6.09 Å². The van der Waals surface area contributed by atoms with E-state index < -0.39 is 11.7 Å². The topological polar surface area (TPSA) is 68.3 Å². The van der Waals surface area contributed by atoms with Gasteiger partial charge in [-0.05, 0) is 57.0 Å². The molecule has 2 aromatic rings. The van der Waals surface area contributed by atoms with Crippen LogP contribution in [0.5, 0.6) is 0 Å². The van der Waals surface area contributed by atoms with E-state index in [-0.39, 0.29) is 0 Å². The Morgan fingerprint density at radius 3 is 2.39 bits per heavy atom. The third-order valence-corrected chi connectivity index (χ3v) is 3.12. The maximum absolute atomic E-state index is 11.7. The number of ether oxygens (including phenoxy) is 1. The van der Waals surface area contributed by atoms with Gasteiger partial charge in [-0.1, -0.05) is 12.1 Å². The van der Waals surface area contributed by atoms with Crippen molar-refractivity contribution >= 4 is 18.1 Å². The van der Waals surface area contributed by atoms with Gasteiger partial charge in [0, 0.05) is 17.4 Å². The first-order chi connectivity index (χ1) is 10.8. The van der Waals surface area contributed by atoms with Gasteiger partial charge in [-0.3, -0.25) is 15.1 Å². The number of carbonyl (C=O) groups is 2. The molecule has 120 valence electrons. The van der Waals surface area contributed by atoms with Gasteiger partial charge in [-0.25, -0.2) is 4.79 Å². The fourth-order valence-corrected chi connectivity index (χ4v) is 2.19. The normalized spacial score (nSPS) is 11.0. The van der Waals surface area contributed by atoms with Gasteiger partial charge in [0.25, 0.3) is 0 Å². The third kappa shape index (κ3) is 4.39. The van der Waals surface area contributed by atoms with Crippen LogP contribution in [0, 0.1) is 6.92 Å². The van der Waals surface area contributed by atoms with Crippen molar-refractivity contribution in [1.82, 2.24) is 4.98 Å². The van der Waals surface area contributed by atoms with Crippen LogP contribution in [0.1, 0.15) is 36.8 Å². The Hall–Kier alpha value is -2.69. The van der Waals surface area contributed by atoms with Gasteiger partial charge in [0.05, 0.1) is 0 Å². The van der Waals surface area contributed by atoms with Crippen molar-refractivity contribution in [2.75, 3.05) is 5.32 Å². The van der Waals surface area contributed by atoms with Crippen LogP contribution in [0.4, 0.5) is 10.5 Å². The number of hydrogen-bond acceptors (Lipinski definition) is 4. The molecule has 5 heteroatoms. The molecule has 0 bridgehead atoms. The number of benzene rings is 1. The summed E-state index contributed by atoms with van der Waals surface area (Å²) in [4.78, 5) is 27.0. The maximum atomic E-state index is 11.7. The molecule has 1 N–H and O–H groups in total. The highest BCUT2D eigenvalue weighted by Gasteiger charge is 2.16. The second-order valence-electron chi connectivity index (χ2n) is 6.21. The van der Waals surface area contributed by atoms with E-state index in [2.05, 4.69) is 10.3 Å². The molecule has 0 fully saturated rings. The van der Waals surface area contributed by atoms with Gasteiger partial charge in [0.1, 0.15) is 11.3 Å². The minimum absolute atomic E-state index is 0.401. The minimum Gasteiger partial charge on any atom is -0.444 e. The number of pyridine rings is 1. The smallest absolute Gasteiger partial charge is 0.412 e. The van der Waals surface area contributed by atoms with Crippen LogP contribution < -0.4 is 5.32 Å². The number of hydrogen-bond donors (Lipinski definition) is 1. The number of aldehydes is 1. The van der Waals surface area contributed by atoms with Crippen LogP contribution in [0.15, 0.2) is 36.5 Å². The molecule has 0 saturated heterocycles. The Labute approximate surface area is 135 Å². The first-order valence-corrected chi connectivity index (χ1v) is 7.31. The lowest BCUT2D eigenvalue weighted by Gasteiger charge is -2.19. The number of aromatic nitrogens is 1. The summed E-state index contributed by atoms with van der Waals surface area (Å²) in [6.45, 7) is 7.35. The zero-order chi connectivity index (χ0) is 17.0. The fraction of sp³-hybridized carbons (Fsp3) is 0.278. The summed E-state index contributed by atoms with van der Waals surface area (Å²) in [5.74, 6) is 0. The Morgan fingerprint density at radius 1 is 1.17 bits per heavy atom. The standard InChI is InChI=1S/C18H20N2O3/c1-12-9-10-19-15(11-21)16(12)13-5-7-14(8-6-13)20-17(22)23-18(2,3)4/h5-11H,1-4H3,(H,20,22). The quantitative estimate of drug-likeness (QED) is 0.862. The summed E-state index contributed by atoms with van der Waals surface area (Å²) in [7, 11) is 0. The van der Waals surface area contributed by atoms with E-state index in [9.17, 15) is 9.59 Å². The van der Waals surface area contributed by atoms with Gasteiger partial charge in [0.15, 0.2) is 6.29 Å². The lowest BCUT2D eigenvalue weighted by molar-refractivity contribution is 0.0636. The zero-order valence-corrected chi connectivity index (χ0v) is 13.7. The Bertz CT molecular complexity index is 716.